The number of benzene rings is 4. The molecule has 0 spiro atoms. The fourth-order valence-electron chi connectivity index (χ4n) is 5.10. The number of carbonyl (C=O) groups is 1. The smallest absolute Gasteiger partial charge is 0.195 e. The lowest BCUT2D eigenvalue weighted by atomic mass is 9.97. The Bertz CT molecular complexity index is 1570. The van der Waals surface area contributed by atoms with Gasteiger partial charge in [-0.3, -0.25) is 9.69 Å². The number of aromatic hydroxyl groups is 2. The molecule has 6 rings (SSSR count). The number of nitrogens with zero attached hydrogens (tertiary/aromatic N) is 2. The van der Waals surface area contributed by atoms with E-state index in [9.17, 15) is 15.0 Å². The number of fused-ring (bicyclic) bond motifs is 1. The normalized spacial score (nSPS) is 14.2. The molecule has 38 heavy (non-hydrogen) atoms. The van der Waals surface area contributed by atoms with Crippen molar-refractivity contribution in [2.24, 2.45) is 0 Å². The summed E-state index contributed by atoms with van der Waals surface area (Å²) in [5.41, 5.74) is 4.57. The molecule has 4 aromatic carbocycles. The average Bonchev–Trinajstić information content (AvgIpc) is 3.32. The number of carbonyl (C=O) groups excluding carboxylic acids is 1. The number of piperazine rings is 1. The van der Waals surface area contributed by atoms with Gasteiger partial charge in [-0.25, -0.2) is 0 Å². The van der Waals surface area contributed by atoms with E-state index < -0.39 is 0 Å². The van der Waals surface area contributed by atoms with E-state index in [4.69, 9.17) is 0 Å². The van der Waals surface area contributed by atoms with Crippen molar-refractivity contribution in [3.63, 3.8) is 0 Å². The van der Waals surface area contributed by atoms with Crippen LogP contribution in [0.15, 0.2) is 97.1 Å². The minimum Gasteiger partial charge on any atom is -0.508 e. The minimum atomic E-state index is -0.0516. The van der Waals surface area contributed by atoms with E-state index in [0.29, 0.717) is 11.1 Å². The summed E-state index contributed by atoms with van der Waals surface area (Å²) < 4.78 is 0.849. The number of hydrogen-bond acceptors (Lipinski definition) is 6. The van der Waals surface area contributed by atoms with E-state index in [1.54, 1.807) is 24.3 Å². The van der Waals surface area contributed by atoms with E-state index in [1.165, 1.54) is 16.9 Å². The fourth-order valence-corrected chi connectivity index (χ4v) is 6.34. The maximum absolute atomic E-state index is 13.8. The highest BCUT2D eigenvalue weighted by atomic mass is 32.1. The van der Waals surface area contributed by atoms with Gasteiger partial charge in [0, 0.05) is 64.5 Å². The van der Waals surface area contributed by atoms with Gasteiger partial charge in [0.15, 0.2) is 5.78 Å². The second-order valence-corrected chi connectivity index (χ2v) is 10.7. The summed E-state index contributed by atoms with van der Waals surface area (Å²) in [6.07, 6.45) is 0. The van der Waals surface area contributed by atoms with Crippen molar-refractivity contribution in [2.45, 2.75) is 6.54 Å². The van der Waals surface area contributed by atoms with Gasteiger partial charge in [0.05, 0.1) is 0 Å². The van der Waals surface area contributed by atoms with Crippen molar-refractivity contribution in [1.82, 2.24) is 4.90 Å². The third-order valence-electron chi connectivity index (χ3n) is 7.15. The summed E-state index contributed by atoms with van der Waals surface area (Å²) in [6, 6.07) is 30.5. The molecule has 190 valence electrons. The zero-order valence-corrected chi connectivity index (χ0v) is 21.7. The van der Waals surface area contributed by atoms with E-state index in [1.807, 2.05) is 42.5 Å². The first-order valence-electron chi connectivity index (χ1n) is 12.8. The highest BCUT2D eigenvalue weighted by molar-refractivity contribution is 7.22. The summed E-state index contributed by atoms with van der Waals surface area (Å²) in [5.74, 6) is 0.296. The lowest BCUT2D eigenvalue weighted by Crippen LogP contribution is -2.45. The number of hydrogen-bond donors (Lipinski definition) is 2. The molecule has 6 heteroatoms. The van der Waals surface area contributed by atoms with E-state index in [-0.39, 0.29) is 17.3 Å². The third-order valence-corrected chi connectivity index (χ3v) is 8.35. The Labute approximate surface area is 225 Å². The Morgan fingerprint density at radius 2 is 1.45 bits per heavy atom. The number of phenolic OH excluding ortho intramolecular Hbond substituents is 2. The number of thiophene rings is 1. The summed E-state index contributed by atoms with van der Waals surface area (Å²) in [7, 11) is 0. The predicted octanol–water partition coefficient (Wildman–Crippen LogP) is 6.53. The molecule has 0 bridgehead atoms. The Hall–Kier alpha value is -4.13. The second kappa shape index (κ2) is 10.3. The molecule has 1 fully saturated rings. The maximum Gasteiger partial charge on any atom is 0.195 e. The molecule has 0 saturated carbocycles. The van der Waals surface area contributed by atoms with Crippen LogP contribution >= 0.6 is 11.3 Å². The second-order valence-electron chi connectivity index (χ2n) is 9.66. The number of phenols is 2. The van der Waals surface area contributed by atoms with Crippen molar-refractivity contribution in [2.75, 3.05) is 31.1 Å². The van der Waals surface area contributed by atoms with Gasteiger partial charge in [0.1, 0.15) is 11.5 Å². The molecule has 2 N–H and O–H groups in total. The van der Waals surface area contributed by atoms with Gasteiger partial charge in [0.2, 0.25) is 0 Å². The highest BCUT2D eigenvalue weighted by Gasteiger charge is 2.23. The zero-order chi connectivity index (χ0) is 26.1. The quantitative estimate of drug-likeness (QED) is 0.249. The van der Waals surface area contributed by atoms with Gasteiger partial charge in [-0.15, -0.1) is 11.3 Å². The molecule has 1 aromatic heterocycles. The molecule has 1 aliphatic heterocycles. The first-order chi connectivity index (χ1) is 18.5. The van der Waals surface area contributed by atoms with Gasteiger partial charge >= 0.3 is 0 Å². The van der Waals surface area contributed by atoms with E-state index in [2.05, 4.69) is 40.1 Å². The SMILES string of the molecule is O=C(c1ccc(N2CCN(Cc3ccccc3)CC2)cc1)c1c(-c2ccc(O)cc2)sc2cc(O)ccc12. The summed E-state index contributed by atoms with van der Waals surface area (Å²) in [5, 5.41) is 20.6. The molecule has 0 radical (unpaired) electrons. The Morgan fingerprint density at radius 3 is 2.16 bits per heavy atom. The largest absolute Gasteiger partial charge is 0.508 e. The molecule has 1 saturated heterocycles. The number of rotatable bonds is 6. The molecule has 1 aliphatic rings. The minimum absolute atomic E-state index is 0.0516. The van der Waals surface area contributed by atoms with Gasteiger partial charge in [-0.05, 0) is 77.9 Å². The van der Waals surface area contributed by atoms with Gasteiger partial charge in [-0.1, -0.05) is 30.3 Å². The van der Waals surface area contributed by atoms with Crippen LogP contribution in [-0.2, 0) is 6.54 Å². The van der Waals surface area contributed by atoms with Crippen molar-refractivity contribution in [3.05, 3.63) is 114 Å². The van der Waals surface area contributed by atoms with Crippen molar-refractivity contribution in [1.29, 1.82) is 0 Å². The predicted molar refractivity (Wildman–Crippen MR) is 154 cm³/mol. The van der Waals surface area contributed by atoms with Gasteiger partial charge < -0.3 is 15.1 Å². The van der Waals surface area contributed by atoms with Crippen LogP contribution in [0.5, 0.6) is 11.5 Å². The summed E-state index contributed by atoms with van der Waals surface area (Å²) in [4.78, 5) is 19.5. The van der Waals surface area contributed by atoms with Crippen LogP contribution < -0.4 is 4.90 Å². The summed E-state index contributed by atoms with van der Waals surface area (Å²) in [6.45, 7) is 4.87. The van der Waals surface area contributed by atoms with Crippen molar-refractivity contribution >= 4 is 32.9 Å². The fraction of sp³-hybridized carbons (Fsp3) is 0.156. The van der Waals surface area contributed by atoms with E-state index >= 15 is 0 Å². The maximum atomic E-state index is 13.8. The monoisotopic (exact) mass is 520 g/mol. The Morgan fingerprint density at radius 1 is 0.763 bits per heavy atom. The molecular formula is C32H28N2O3S. The Balaban J connectivity index is 1.23. The lowest BCUT2D eigenvalue weighted by Gasteiger charge is -2.36. The first kappa shape index (κ1) is 24.2. The first-order valence-corrected chi connectivity index (χ1v) is 13.6. The van der Waals surface area contributed by atoms with Crippen LogP contribution in [0, 0.1) is 0 Å². The summed E-state index contributed by atoms with van der Waals surface area (Å²) >= 11 is 1.47. The zero-order valence-electron chi connectivity index (χ0n) is 20.9. The van der Waals surface area contributed by atoms with Crippen LogP contribution in [0.1, 0.15) is 21.5 Å². The molecule has 0 atom stereocenters. The topological polar surface area (TPSA) is 64.0 Å². The third kappa shape index (κ3) is 4.88. The molecule has 0 aliphatic carbocycles. The van der Waals surface area contributed by atoms with Crippen LogP contribution in [0.4, 0.5) is 5.69 Å². The van der Waals surface area contributed by atoms with Crippen LogP contribution in [0.3, 0.4) is 0 Å². The molecular weight excluding hydrogens is 492 g/mol. The van der Waals surface area contributed by atoms with Crippen LogP contribution in [0.25, 0.3) is 20.5 Å². The van der Waals surface area contributed by atoms with Crippen molar-refractivity contribution in [3.8, 4) is 21.9 Å². The van der Waals surface area contributed by atoms with E-state index in [0.717, 1.165) is 58.9 Å². The molecule has 5 nitrogen and oxygen atoms in total. The number of anilines is 1. The average molecular weight is 521 g/mol. The highest BCUT2D eigenvalue weighted by Crippen LogP contribution is 2.41. The number of ketones is 1. The molecule has 0 amide bonds. The standard InChI is InChI=1S/C32H28N2O3S/c35-26-12-8-24(9-13-26)32-30(28-15-14-27(36)20-29(28)38-32)31(37)23-6-10-25(11-7-23)34-18-16-33(17-19-34)21-22-4-2-1-3-5-22/h1-15,20,35-36H,16-19,21H2. The lowest BCUT2D eigenvalue weighted by molar-refractivity contribution is 0.104. The van der Waals surface area contributed by atoms with Gasteiger partial charge in [-0.2, -0.15) is 0 Å². The van der Waals surface area contributed by atoms with Crippen molar-refractivity contribution < 1.29 is 15.0 Å². The van der Waals surface area contributed by atoms with Gasteiger partial charge in [0.25, 0.3) is 0 Å². The molecule has 5 aromatic rings. The van der Waals surface area contributed by atoms with Crippen LogP contribution in [0.2, 0.25) is 0 Å². The molecule has 2 heterocycles. The Kier molecular flexibility index (Phi) is 6.58. The molecule has 0 unspecified atom stereocenters. The van der Waals surface area contributed by atoms with Crippen LogP contribution in [-0.4, -0.2) is 47.1 Å².